The number of carboxylic acids is 1. The molecule has 0 saturated heterocycles. The highest BCUT2D eigenvalue weighted by Crippen LogP contribution is 2.19. The van der Waals surface area contributed by atoms with E-state index >= 15 is 0 Å². The average Bonchev–Trinajstić information content (AvgIpc) is 1.85. The van der Waals surface area contributed by atoms with Gasteiger partial charge >= 0.3 is 5.97 Å². The van der Waals surface area contributed by atoms with Gasteiger partial charge < -0.3 is 10.4 Å². The van der Waals surface area contributed by atoms with E-state index < -0.39 is 5.97 Å². The van der Waals surface area contributed by atoms with Crippen molar-refractivity contribution < 1.29 is 9.90 Å². The van der Waals surface area contributed by atoms with Crippen molar-refractivity contribution >= 4 is 5.97 Å². The van der Waals surface area contributed by atoms with Crippen LogP contribution >= 0.6 is 0 Å². The molecule has 0 aromatic rings. The molecule has 1 unspecified atom stereocenters. The number of carbonyl (C=O) groups is 1. The maximum Gasteiger partial charge on any atom is 0.328 e. The lowest BCUT2D eigenvalue weighted by molar-refractivity contribution is -0.131. The molecule has 0 aliphatic heterocycles. The topological polar surface area (TPSA) is 49.3 Å². The molecular formula is C9H17NO2. The van der Waals surface area contributed by atoms with Crippen molar-refractivity contribution in [3.8, 4) is 0 Å². The second-order valence-electron chi connectivity index (χ2n) is 3.83. The standard InChI is InChI=1S/C9H17NO2/c1-9(2,3)7(10-4)5-6-8(11)12/h5-7,10H,1-4H3,(H,11,12)/b6-5+. The Kier molecular flexibility index (Phi) is 3.96. The van der Waals surface area contributed by atoms with Crippen LogP contribution in [0.25, 0.3) is 0 Å². The summed E-state index contributed by atoms with van der Waals surface area (Å²) in [6.45, 7) is 6.17. The number of carboxylic acid groups (broad SMARTS) is 1. The molecule has 0 aliphatic carbocycles. The highest BCUT2D eigenvalue weighted by molar-refractivity contribution is 5.79. The molecule has 70 valence electrons. The Balaban J connectivity index is 4.28. The van der Waals surface area contributed by atoms with Gasteiger partial charge in [0.25, 0.3) is 0 Å². The van der Waals surface area contributed by atoms with E-state index in [1.54, 1.807) is 6.08 Å². The minimum Gasteiger partial charge on any atom is -0.478 e. The van der Waals surface area contributed by atoms with Crippen LogP contribution in [-0.4, -0.2) is 24.2 Å². The molecule has 0 amide bonds. The van der Waals surface area contributed by atoms with Gasteiger partial charge in [0.1, 0.15) is 0 Å². The molecule has 0 bridgehead atoms. The van der Waals surface area contributed by atoms with E-state index in [0.717, 1.165) is 0 Å². The van der Waals surface area contributed by atoms with Gasteiger partial charge in [0.2, 0.25) is 0 Å². The highest BCUT2D eigenvalue weighted by Gasteiger charge is 2.19. The second-order valence-corrected chi connectivity index (χ2v) is 3.83. The van der Waals surface area contributed by atoms with Gasteiger partial charge in [0.05, 0.1) is 0 Å². The highest BCUT2D eigenvalue weighted by atomic mass is 16.4. The third-order valence-corrected chi connectivity index (χ3v) is 1.68. The molecule has 3 heteroatoms. The van der Waals surface area contributed by atoms with Crippen molar-refractivity contribution in [1.82, 2.24) is 5.32 Å². The monoisotopic (exact) mass is 171 g/mol. The molecule has 0 aromatic heterocycles. The van der Waals surface area contributed by atoms with E-state index in [0.29, 0.717) is 0 Å². The summed E-state index contributed by atoms with van der Waals surface area (Å²) in [4.78, 5) is 10.2. The first-order valence-corrected chi connectivity index (χ1v) is 3.96. The zero-order valence-electron chi connectivity index (χ0n) is 8.09. The fourth-order valence-corrected chi connectivity index (χ4v) is 0.996. The van der Waals surface area contributed by atoms with Crippen LogP contribution in [0.5, 0.6) is 0 Å². The van der Waals surface area contributed by atoms with Crippen LogP contribution < -0.4 is 5.32 Å². The summed E-state index contributed by atoms with van der Waals surface area (Å²) in [6.07, 6.45) is 2.84. The molecule has 0 radical (unpaired) electrons. The Morgan fingerprint density at radius 2 is 2.00 bits per heavy atom. The summed E-state index contributed by atoms with van der Waals surface area (Å²) in [5, 5.41) is 11.5. The summed E-state index contributed by atoms with van der Waals surface area (Å²) < 4.78 is 0. The zero-order chi connectivity index (χ0) is 9.78. The first kappa shape index (κ1) is 11.2. The van der Waals surface area contributed by atoms with Crippen molar-refractivity contribution in [3.63, 3.8) is 0 Å². The first-order chi connectivity index (χ1) is 5.38. The van der Waals surface area contributed by atoms with Crippen LogP contribution in [0.3, 0.4) is 0 Å². The molecule has 0 spiro atoms. The molecule has 3 nitrogen and oxygen atoms in total. The largest absolute Gasteiger partial charge is 0.478 e. The molecule has 2 N–H and O–H groups in total. The fourth-order valence-electron chi connectivity index (χ4n) is 0.996. The average molecular weight is 171 g/mol. The van der Waals surface area contributed by atoms with E-state index in [9.17, 15) is 4.79 Å². The molecule has 12 heavy (non-hydrogen) atoms. The molecule has 0 aliphatic rings. The predicted octanol–water partition coefficient (Wildman–Crippen LogP) is 1.26. The van der Waals surface area contributed by atoms with Gasteiger partial charge in [-0.2, -0.15) is 0 Å². The zero-order valence-corrected chi connectivity index (χ0v) is 8.09. The lowest BCUT2D eigenvalue weighted by Crippen LogP contribution is -2.36. The van der Waals surface area contributed by atoms with Crippen molar-refractivity contribution in [1.29, 1.82) is 0 Å². The quantitative estimate of drug-likeness (QED) is 0.628. The van der Waals surface area contributed by atoms with Crippen LogP contribution in [0.15, 0.2) is 12.2 Å². The number of hydrogen-bond donors (Lipinski definition) is 2. The van der Waals surface area contributed by atoms with E-state index in [4.69, 9.17) is 5.11 Å². The van der Waals surface area contributed by atoms with Crippen molar-refractivity contribution in [3.05, 3.63) is 12.2 Å². The summed E-state index contributed by atoms with van der Waals surface area (Å²) in [5.74, 6) is -0.903. The summed E-state index contributed by atoms with van der Waals surface area (Å²) >= 11 is 0. The van der Waals surface area contributed by atoms with Gasteiger partial charge in [-0.3, -0.25) is 0 Å². The number of rotatable bonds is 3. The van der Waals surface area contributed by atoms with E-state index in [2.05, 4.69) is 26.1 Å². The van der Waals surface area contributed by atoms with Crippen molar-refractivity contribution in [2.24, 2.45) is 5.41 Å². The minimum atomic E-state index is -0.903. The van der Waals surface area contributed by atoms with Gasteiger partial charge in [-0.15, -0.1) is 0 Å². The number of nitrogens with one attached hydrogen (secondary N) is 1. The van der Waals surface area contributed by atoms with Gasteiger partial charge in [0.15, 0.2) is 0 Å². The van der Waals surface area contributed by atoms with Gasteiger partial charge in [0, 0.05) is 12.1 Å². The number of aliphatic carboxylic acids is 1. The Bertz CT molecular complexity index is 179. The molecule has 0 heterocycles. The maximum atomic E-state index is 10.2. The SMILES string of the molecule is CNC(/C=C/C(=O)O)C(C)(C)C. The van der Waals surface area contributed by atoms with Crippen LogP contribution in [0, 0.1) is 5.41 Å². The third-order valence-electron chi connectivity index (χ3n) is 1.68. The summed E-state index contributed by atoms with van der Waals surface area (Å²) in [5.41, 5.74) is 0.0424. The fraction of sp³-hybridized carbons (Fsp3) is 0.667. The molecular weight excluding hydrogens is 154 g/mol. The maximum absolute atomic E-state index is 10.2. The Morgan fingerprint density at radius 1 is 1.50 bits per heavy atom. The van der Waals surface area contributed by atoms with Gasteiger partial charge in [-0.1, -0.05) is 26.8 Å². The second kappa shape index (κ2) is 4.26. The Morgan fingerprint density at radius 3 is 2.25 bits per heavy atom. The van der Waals surface area contributed by atoms with Crippen LogP contribution in [0.1, 0.15) is 20.8 Å². The lowest BCUT2D eigenvalue weighted by Gasteiger charge is -2.27. The van der Waals surface area contributed by atoms with E-state index in [1.807, 2.05) is 7.05 Å². The van der Waals surface area contributed by atoms with E-state index in [-0.39, 0.29) is 11.5 Å². The van der Waals surface area contributed by atoms with Gasteiger partial charge in [-0.05, 0) is 12.5 Å². The molecule has 0 fully saturated rings. The first-order valence-electron chi connectivity index (χ1n) is 3.96. The Labute approximate surface area is 73.5 Å². The number of hydrogen-bond acceptors (Lipinski definition) is 2. The summed E-state index contributed by atoms with van der Waals surface area (Å²) in [7, 11) is 1.82. The Hall–Kier alpha value is -0.830. The molecule has 0 rings (SSSR count). The van der Waals surface area contributed by atoms with Gasteiger partial charge in [-0.25, -0.2) is 4.79 Å². The lowest BCUT2D eigenvalue weighted by atomic mass is 9.86. The normalized spacial score (nSPS) is 15.0. The molecule has 0 aromatic carbocycles. The molecule has 1 atom stereocenters. The van der Waals surface area contributed by atoms with Crippen molar-refractivity contribution in [2.45, 2.75) is 26.8 Å². The van der Waals surface area contributed by atoms with Crippen molar-refractivity contribution in [2.75, 3.05) is 7.05 Å². The van der Waals surface area contributed by atoms with Crippen LogP contribution in [-0.2, 0) is 4.79 Å². The summed E-state index contributed by atoms with van der Waals surface area (Å²) in [6, 6.07) is 0.0913. The predicted molar refractivity (Wildman–Crippen MR) is 49.1 cm³/mol. The molecule has 0 saturated carbocycles. The third kappa shape index (κ3) is 4.13. The smallest absolute Gasteiger partial charge is 0.328 e. The van der Waals surface area contributed by atoms with Crippen LogP contribution in [0.4, 0.5) is 0 Å². The number of likely N-dealkylation sites (N-methyl/N-ethyl adjacent to an activating group) is 1. The minimum absolute atomic E-state index is 0.0424. The van der Waals surface area contributed by atoms with E-state index in [1.165, 1.54) is 6.08 Å². The van der Waals surface area contributed by atoms with Crippen LogP contribution in [0.2, 0.25) is 0 Å².